The molecule has 0 saturated carbocycles. The van der Waals surface area contributed by atoms with Gasteiger partial charge in [-0.05, 0) is 20.9 Å². The van der Waals surface area contributed by atoms with Crippen molar-refractivity contribution in [3.8, 4) is 0 Å². The van der Waals surface area contributed by atoms with E-state index < -0.39 is 17.5 Å². The Morgan fingerprint density at radius 2 is 1.44 bits per heavy atom. The Balaban J connectivity index is 0. The fraction of sp³-hybridized carbons (Fsp3) is 0.667. The van der Waals surface area contributed by atoms with Crippen LogP contribution in [0.5, 0.6) is 0 Å². The van der Waals surface area contributed by atoms with Gasteiger partial charge in [-0.2, -0.15) is 0 Å². The molecule has 0 unspecified atom stereocenters. The van der Waals surface area contributed by atoms with Gasteiger partial charge in [0.05, 0.1) is 18.4 Å². The van der Waals surface area contributed by atoms with Crippen LogP contribution >= 0.6 is 0 Å². The number of hydrogen-bond acceptors (Lipinski definition) is 4. The quantitative estimate of drug-likeness (QED) is 0.503. The van der Waals surface area contributed by atoms with Crippen LogP contribution in [0, 0.1) is 0 Å². The predicted octanol–water partition coefficient (Wildman–Crippen LogP) is -0.594. The number of carbonyl (C=O) groups is 3. The number of likely N-dealkylation sites (N-methyl/N-ethyl adjacent to an activating group) is 1. The van der Waals surface area contributed by atoms with Crippen molar-refractivity contribution >= 4 is 17.8 Å². The predicted molar refractivity (Wildman–Crippen MR) is 56.8 cm³/mol. The normalized spacial score (nSPS) is 9.94. The van der Waals surface area contributed by atoms with Gasteiger partial charge in [0.2, 0.25) is 5.91 Å². The largest absolute Gasteiger partial charge is 0.481 e. The Hall–Kier alpha value is -1.63. The highest BCUT2D eigenvalue weighted by molar-refractivity contribution is 5.83. The summed E-state index contributed by atoms with van der Waals surface area (Å²) < 4.78 is 0. The maximum absolute atomic E-state index is 10.4. The van der Waals surface area contributed by atoms with Gasteiger partial charge in [-0.25, -0.2) is 0 Å². The van der Waals surface area contributed by atoms with E-state index in [9.17, 15) is 14.4 Å². The van der Waals surface area contributed by atoms with E-state index in [-0.39, 0.29) is 18.7 Å². The molecular weight excluding hydrogens is 216 g/mol. The topological polar surface area (TPSA) is 130 Å². The van der Waals surface area contributed by atoms with Crippen molar-refractivity contribution in [3.63, 3.8) is 0 Å². The second-order valence-corrected chi connectivity index (χ2v) is 3.53. The van der Waals surface area contributed by atoms with Crippen molar-refractivity contribution in [2.24, 2.45) is 5.73 Å². The smallest absolute Gasteiger partial charge is 0.303 e. The van der Waals surface area contributed by atoms with E-state index in [1.54, 1.807) is 20.9 Å². The first-order valence-electron chi connectivity index (χ1n) is 4.56. The van der Waals surface area contributed by atoms with Crippen molar-refractivity contribution in [3.05, 3.63) is 0 Å². The number of amides is 1. The molecule has 5 N–H and O–H groups in total. The lowest BCUT2D eigenvalue weighted by Gasteiger charge is -2.18. The van der Waals surface area contributed by atoms with Gasteiger partial charge in [0, 0.05) is 0 Å². The number of primary amides is 1. The van der Waals surface area contributed by atoms with Gasteiger partial charge in [0.15, 0.2) is 0 Å². The fourth-order valence-electron chi connectivity index (χ4n) is 0.337. The summed E-state index contributed by atoms with van der Waals surface area (Å²) in [7, 11) is 1.70. The number of nitrogens with two attached hydrogens (primary N) is 1. The maximum Gasteiger partial charge on any atom is 0.303 e. The standard InChI is InChI=1S/C5H12N2O.C4H6O4/c1-5(2,7-3)4(6)8;5-3(6)1-2-4(7)8/h7H,1-3H3,(H2,6,8);1-2H2,(H,5,6)(H,7,8). The summed E-state index contributed by atoms with van der Waals surface area (Å²) in [5.74, 6) is -2.49. The van der Waals surface area contributed by atoms with E-state index in [0.29, 0.717) is 0 Å². The van der Waals surface area contributed by atoms with Crippen LogP contribution in [0.2, 0.25) is 0 Å². The van der Waals surface area contributed by atoms with Crippen molar-refractivity contribution in [1.82, 2.24) is 5.32 Å². The zero-order valence-corrected chi connectivity index (χ0v) is 9.61. The van der Waals surface area contributed by atoms with E-state index in [1.807, 2.05) is 0 Å². The summed E-state index contributed by atoms with van der Waals surface area (Å²) >= 11 is 0. The Morgan fingerprint density at radius 1 is 1.12 bits per heavy atom. The van der Waals surface area contributed by atoms with E-state index in [0.717, 1.165) is 0 Å². The molecule has 94 valence electrons. The van der Waals surface area contributed by atoms with Gasteiger partial charge in [0.1, 0.15) is 0 Å². The molecule has 0 aromatic carbocycles. The van der Waals surface area contributed by atoms with Crippen LogP contribution < -0.4 is 11.1 Å². The summed E-state index contributed by atoms with van der Waals surface area (Å²) in [6, 6.07) is 0. The van der Waals surface area contributed by atoms with Crippen molar-refractivity contribution < 1.29 is 24.6 Å². The molecule has 0 aromatic heterocycles. The maximum atomic E-state index is 10.4. The molecule has 16 heavy (non-hydrogen) atoms. The highest BCUT2D eigenvalue weighted by atomic mass is 16.4. The Bertz CT molecular complexity index is 249. The lowest BCUT2D eigenvalue weighted by Crippen LogP contribution is -2.48. The van der Waals surface area contributed by atoms with Gasteiger partial charge in [-0.15, -0.1) is 0 Å². The zero-order valence-electron chi connectivity index (χ0n) is 9.61. The van der Waals surface area contributed by atoms with Crippen LogP contribution in [-0.2, 0) is 14.4 Å². The van der Waals surface area contributed by atoms with Gasteiger partial charge < -0.3 is 21.3 Å². The summed E-state index contributed by atoms with van der Waals surface area (Å²) in [4.78, 5) is 29.7. The van der Waals surface area contributed by atoms with Gasteiger partial charge in [0.25, 0.3) is 0 Å². The van der Waals surface area contributed by atoms with Crippen LogP contribution in [0.3, 0.4) is 0 Å². The Morgan fingerprint density at radius 3 is 1.50 bits per heavy atom. The number of nitrogens with one attached hydrogen (secondary N) is 1. The molecule has 0 heterocycles. The Labute approximate surface area is 93.6 Å². The van der Waals surface area contributed by atoms with E-state index in [1.165, 1.54) is 0 Å². The number of carboxylic acid groups (broad SMARTS) is 2. The van der Waals surface area contributed by atoms with E-state index >= 15 is 0 Å². The molecule has 0 aliphatic rings. The average molecular weight is 234 g/mol. The van der Waals surface area contributed by atoms with E-state index in [4.69, 9.17) is 15.9 Å². The molecule has 0 rings (SSSR count). The highest BCUT2D eigenvalue weighted by Gasteiger charge is 2.20. The zero-order chi connectivity index (χ0) is 13.4. The SMILES string of the molecule is CNC(C)(C)C(N)=O.O=C(O)CCC(=O)O. The minimum absolute atomic E-state index is 0.296. The molecule has 0 fully saturated rings. The fourth-order valence-corrected chi connectivity index (χ4v) is 0.337. The first-order valence-corrected chi connectivity index (χ1v) is 4.56. The summed E-state index contributed by atoms with van der Waals surface area (Å²) in [5, 5.41) is 18.6. The molecule has 0 aliphatic heterocycles. The van der Waals surface area contributed by atoms with Crippen LogP contribution in [0.1, 0.15) is 26.7 Å². The third-order valence-corrected chi connectivity index (χ3v) is 1.79. The first kappa shape index (κ1) is 16.8. The van der Waals surface area contributed by atoms with Gasteiger partial charge in [-0.1, -0.05) is 0 Å². The number of hydrogen-bond donors (Lipinski definition) is 4. The van der Waals surface area contributed by atoms with Crippen molar-refractivity contribution in [2.45, 2.75) is 32.2 Å². The first-order chi connectivity index (χ1) is 7.13. The minimum Gasteiger partial charge on any atom is -0.481 e. The second kappa shape index (κ2) is 7.63. The monoisotopic (exact) mass is 234 g/mol. The molecule has 1 amide bonds. The summed E-state index contributed by atoms with van der Waals surface area (Å²) in [6.07, 6.45) is -0.593. The molecule has 0 aliphatic carbocycles. The summed E-state index contributed by atoms with van der Waals surface area (Å²) in [6.45, 7) is 3.46. The second-order valence-electron chi connectivity index (χ2n) is 3.53. The van der Waals surface area contributed by atoms with Crippen molar-refractivity contribution in [1.29, 1.82) is 0 Å². The molecule has 0 radical (unpaired) electrons. The number of carbonyl (C=O) groups excluding carboxylic acids is 1. The molecule has 0 atom stereocenters. The van der Waals surface area contributed by atoms with E-state index in [2.05, 4.69) is 5.32 Å². The van der Waals surface area contributed by atoms with Crippen LogP contribution in [0.25, 0.3) is 0 Å². The Kier molecular flexibility index (Phi) is 8.01. The molecule has 7 heteroatoms. The molecule has 7 nitrogen and oxygen atoms in total. The minimum atomic E-state index is -1.08. The van der Waals surface area contributed by atoms with Crippen LogP contribution in [0.4, 0.5) is 0 Å². The summed E-state index contributed by atoms with van der Waals surface area (Å²) in [5.41, 5.74) is 4.41. The lowest BCUT2D eigenvalue weighted by molar-refractivity contribution is -0.143. The third kappa shape index (κ3) is 10.5. The number of carboxylic acids is 2. The molecule has 0 saturated heterocycles. The average Bonchev–Trinajstić information content (AvgIpc) is 2.15. The van der Waals surface area contributed by atoms with Crippen LogP contribution in [0.15, 0.2) is 0 Å². The molecular formula is C9H18N2O5. The lowest BCUT2D eigenvalue weighted by atomic mass is 10.1. The molecule has 0 spiro atoms. The van der Waals surface area contributed by atoms with Crippen LogP contribution in [-0.4, -0.2) is 40.6 Å². The third-order valence-electron chi connectivity index (χ3n) is 1.79. The van der Waals surface area contributed by atoms with Crippen molar-refractivity contribution in [2.75, 3.05) is 7.05 Å². The number of rotatable bonds is 5. The van der Waals surface area contributed by atoms with Gasteiger partial charge >= 0.3 is 11.9 Å². The van der Waals surface area contributed by atoms with Gasteiger partial charge in [-0.3, -0.25) is 14.4 Å². The molecule has 0 bridgehead atoms. The highest BCUT2D eigenvalue weighted by Crippen LogP contribution is 1.96. The molecule has 0 aromatic rings. The number of aliphatic carboxylic acids is 2.